The number of hydrogen-bond donors (Lipinski definition) is 2. The molecule has 1 aromatic rings. The van der Waals surface area contributed by atoms with E-state index in [1.165, 1.54) is 24.3 Å². The highest BCUT2D eigenvalue weighted by Crippen LogP contribution is 2.46. The third kappa shape index (κ3) is 2.97. The highest BCUT2D eigenvalue weighted by atomic mass is 35.6. The molecule has 11 heteroatoms. The van der Waals surface area contributed by atoms with Crippen molar-refractivity contribution in [1.82, 2.24) is 5.01 Å². The van der Waals surface area contributed by atoms with Gasteiger partial charge in [-0.3, -0.25) is 10.1 Å². The number of halogens is 3. The average Bonchev–Trinajstić information content (AvgIpc) is 2.78. The van der Waals surface area contributed by atoms with Crippen LogP contribution in [0.4, 0.5) is 5.69 Å². The Bertz CT molecular complexity index is 662. The minimum Gasteiger partial charge on any atom is -0.375 e. The summed E-state index contributed by atoms with van der Waals surface area (Å²) >= 11 is 22.2. The van der Waals surface area contributed by atoms with Crippen molar-refractivity contribution in [2.24, 2.45) is 10.8 Å². The Morgan fingerprint density at radius 1 is 1.45 bits per heavy atom. The number of aliphatic hydroxyl groups is 1. The molecule has 0 bridgehead atoms. The van der Waals surface area contributed by atoms with E-state index in [2.05, 4.69) is 5.10 Å². The Balaban J connectivity index is 2.39. The second-order valence-corrected chi connectivity index (χ2v) is 7.19. The maximum absolute atomic E-state index is 10.7. The number of nitro groups is 1. The smallest absolute Gasteiger partial charge is 0.269 e. The van der Waals surface area contributed by atoms with Crippen molar-refractivity contribution in [3.05, 3.63) is 39.9 Å². The molecule has 0 fully saturated rings. The summed E-state index contributed by atoms with van der Waals surface area (Å²) in [5, 5.41) is 25.9. The molecule has 0 amide bonds. The van der Waals surface area contributed by atoms with Crippen molar-refractivity contribution in [3.8, 4) is 0 Å². The van der Waals surface area contributed by atoms with Gasteiger partial charge in [-0.25, -0.2) is 5.01 Å². The quantitative estimate of drug-likeness (QED) is 0.351. The van der Waals surface area contributed by atoms with Crippen LogP contribution in [0.3, 0.4) is 0 Å². The molecule has 0 radical (unpaired) electrons. The van der Waals surface area contributed by atoms with Crippen molar-refractivity contribution in [2.75, 3.05) is 0 Å². The van der Waals surface area contributed by atoms with Crippen LogP contribution in [0.5, 0.6) is 0 Å². The number of hydrazone groups is 1. The van der Waals surface area contributed by atoms with E-state index in [1.807, 2.05) is 0 Å². The van der Waals surface area contributed by atoms with E-state index in [1.54, 1.807) is 0 Å². The Labute approximate surface area is 145 Å². The fraction of sp³-hybridized carbons (Fsp3) is 0.273. The first-order valence-electron chi connectivity index (χ1n) is 5.77. The lowest BCUT2D eigenvalue weighted by atomic mass is 10.0. The third-order valence-electron chi connectivity index (χ3n) is 3.06. The zero-order chi connectivity index (χ0) is 16.7. The van der Waals surface area contributed by atoms with Gasteiger partial charge in [0.15, 0.2) is 5.11 Å². The van der Waals surface area contributed by atoms with Crippen molar-refractivity contribution < 1.29 is 10.0 Å². The summed E-state index contributed by atoms with van der Waals surface area (Å²) in [4.78, 5) is 10.1. The van der Waals surface area contributed by atoms with Crippen molar-refractivity contribution in [3.63, 3.8) is 0 Å². The number of non-ortho nitro benzene ring substituents is 1. The van der Waals surface area contributed by atoms with E-state index in [9.17, 15) is 15.2 Å². The standard InChI is InChI=1S/C11H9Cl3N4O3S/c12-11(13,14)10(19)5-8(16-17(10)9(15)22)6-1-3-7(4-2-6)18(20)21/h1-4,19H,5H2,(H2,15,22). The van der Waals surface area contributed by atoms with Gasteiger partial charge in [-0.1, -0.05) is 34.8 Å². The second kappa shape index (κ2) is 5.78. The van der Waals surface area contributed by atoms with Crippen LogP contribution < -0.4 is 5.73 Å². The van der Waals surface area contributed by atoms with Gasteiger partial charge in [0.1, 0.15) is 0 Å². The lowest BCUT2D eigenvalue weighted by Gasteiger charge is -2.36. The maximum atomic E-state index is 10.7. The van der Waals surface area contributed by atoms with Crippen molar-refractivity contribution in [2.45, 2.75) is 15.9 Å². The fourth-order valence-corrected chi connectivity index (χ4v) is 2.57. The lowest BCUT2D eigenvalue weighted by Crippen LogP contribution is -2.56. The first kappa shape index (κ1) is 17.2. The van der Waals surface area contributed by atoms with Gasteiger partial charge in [0.05, 0.1) is 10.6 Å². The Morgan fingerprint density at radius 2 is 2.00 bits per heavy atom. The molecule has 0 saturated carbocycles. The van der Waals surface area contributed by atoms with Crippen LogP contribution in [-0.2, 0) is 0 Å². The van der Waals surface area contributed by atoms with E-state index >= 15 is 0 Å². The molecule has 7 nitrogen and oxygen atoms in total. The predicted molar refractivity (Wildman–Crippen MR) is 88.1 cm³/mol. The van der Waals surface area contributed by atoms with Crippen LogP contribution in [-0.4, -0.2) is 35.4 Å². The van der Waals surface area contributed by atoms with E-state index in [4.69, 9.17) is 52.8 Å². The largest absolute Gasteiger partial charge is 0.375 e. The first-order valence-corrected chi connectivity index (χ1v) is 7.31. The molecule has 0 saturated heterocycles. The highest BCUT2D eigenvalue weighted by molar-refractivity contribution is 7.80. The number of nitrogens with two attached hydrogens (primary N) is 1. The van der Waals surface area contributed by atoms with Gasteiger partial charge in [-0.2, -0.15) is 5.10 Å². The monoisotopic (exact) mass is 382 g/mol. The van der Waals surface area contributed by atoms with Crippen LogP contribution in [0.1, 0.15) is 12.0 Å². The summed E-state index contributed by atoms with van der Waals surface area (Å²) in [6.45, 7) is 0. The molecule has 22 heavy (non-hydrogen) atoms. The molecule has 1 heterocycles. The molecular formula is C11H9Cl3N4O3S. The van der Waals surface area contributed by atoms with Gasteiger partial charge in [-0.05, 0) is 29.9 Å². The Hall–Kier alpha value is -1.19. The summed E-state index contributed by atoms with van der Waals surface area (Å²) in [6, 6.07) is 5.54. The zero-order valence-corrected chi connectivity index (χ0v) is 13.8. The van der Waals surface area contributed by atoms with Gasteiger partial charge in [0.2, 0.25) is 9.52 Å². The second-order valence-electron chi connectivity index (χ2n) is 4.49. The van der Waals surface area contributed by atoms with Gasteiger partial charge < -0.3 is 10.8 Å². The lowest BCUT2D eigenvalue weighted by molar-refractivity contribution is -0.384. The van der Waals surface area contributed by atoms with E-state index in [0.29, 0.717) is 11.3 Å². The zero-order valence-electron chi connectivity index (χ0n) is 10.7. The molecule has 1 unspecified atom stereocenters. The van der Waals surface area contributed by atoms with E-state index < -0.39 is 14.4 Å². The number of nitro benzene ring substituents is 1. The van der Waals surface area contributed by atoms with Crippen LogP contribution in [0, 0.1) is 10.1 Å². The number of nitrogens with zero attached hydrogens (tertiary/aromatic N) is 3. The molecule has 0 spiro atoms. The highest BCUT2D eigenvalue weighted by Gasteiger charge is 2.56. The van der Waals surface area contributed by atoms with Gasteiger partial charge >= 0.3 is 0 Å². The molecule has 0 aliphatic carbocycles. The summed E-state index contributed by atoms with van der Waals surface area (Å²) in [5.74, 6) is 0. The van der Waals surface area contributed by atoms with Crippen LogP contribution in [0.15, 0.2) is 29.4 Å². The molecule has 2 rings (SSSR count). The minimum atomic E-state index is -2.12. The summed E-state index contributed by atoms with van der Waals surface area (Å²) in [7, 11) is 0. The van der Waals surface area contributed by atoms with E-state index in [0.717, 1.165) is 5.01 Å². The number of hydrogen-bond acceptors (Lipinski definition) is 5. The molecule has 3 N–H and O–H groups in total. The van der Waals surface area contributed by atoms with Gasteiger partial charge in [0, 0.05) is 18.6 Å². The SMILES string of the molecule is NC(=S)N1N=C(c2ccc([N+](=O)[O-])cc2)CC1(O)C(Cl)(Cl)Cl. The number of rotatable bonds is 2. The molecular weight excluding hydrogens is 375 g/mol. The molecule has 1 aromatic carbocycles. The van der Waals surface area contributed by atoms with Crippen molar-refractivity contribution in [1.29, 1.82) is 0 Å². The molecule has 1 aliphatic heterocycles. The number of alkyl halides is 3. The first-order chi connectivity index (χ1) is 10.1. The summed E-state index contributed by atoms with van der Waals surface area (Å²) in [6.07, 6.45) is -0.168. The van der Waals surface area contributed by atoms with Gasteiger partial charge in [-0.15, -0.1) is 0 Å². The molecule has 0 aromatic heterocycles. The van der Waals surface area contributed by atoms with Crippen LogP contribution >= 0.6 is 47.0 Å². The Kier molecular flexibility index (Phi) is 4.51. The van der Waals surface area contributed by atoms with Crippen LogP contribution in [0.2, 0.25) is 0 Å². The molecule has 1 atom stereocenters. The van der Waals surface area contributed by atoms with Crippen molar-refractivity contribution >= 4 is 63.5 Å². The van der Waals surface area contributed by atoms with Gasteiger partial charge in [0.25, 0.3) is 5.69 Å². The normalized spacial score (nSPS) is 21.6. The predicted octanol–water partition coefficient (Wildman–Crippen LogP) is 2.31. The molecule has 1 aliphatic rings. The number of benzene rings is 1. The number of thiocarbonyl (C=S) groups is 1. The summed E-state index contributed by atoms with van der Waals surface area (Å²) < 4.78 is -2.12. The molecule has 118 valence electrons. The summed E-state index contributed by atoms with van der Waals surface area (Å²) in [5.41, 5.74) is 4.22. The average molecular weight is 384 g/mol. The van der Waals surface area contributed by atoms with Crippen LogP contribution in [0.25, 0.3) is 0 Å². The third-order valence-corrected chi connectivity index (χ3v) is 4.14. The minimum absolute atomic E-state index is 0.0785. The fourth-order valence-electron chi connectivity index (χ4n) is 1.93. The van der Waals surface area contributed by atoms with E-state index in [-0.39, 0.29) is 17.2 Å². The topological polar surface area (TPSA) is 105 Å². The Morgan fingerprint density at radius 3 is 2.36 bits per heavy atom. The maximum Gasteiger partial charge on any atom is 0.269 e.